The lowest BCUT2D eigenvalue weighted by molar-refractivity contribution is -0.115. The molecule has 0 radical (unpaired) electrons. The molecule has 0 aromatic heterocycles. The van der Waals surface area contributed by atoms with Gasteiger partial charge in [0.1, 0.15) is 6.29 Å². The molecule has 0 N–H and O–H groups in total. The van der Waals surface area contributed by atoms with Crippen molar-refractivity contribution in [2.24, 2.45) is 22.7 Å². The van der Waals surface area contributed by atoms with Gasteiger partial charge in [-0.25, -0.2) is 0 Å². The summed E-state index contributed by atoms with van der Waals surface area (Å²) >= 11 is 0. The summed E-state index contributed by atoms with van der Waals surface area (Å²) in [5, 5.41) is 0. The van der Waals surface area contributed by atoms with Crippen LogP contribution < -0.4 is 0 Å². The molecule has 0 spiro atoms. The van der Waals surface area contributed by atoms with Gasteiger partial charge in [0.2, 0.25) is 0 Å². The summed E-state index contributed by atoms with van der Waals surface area (Å²) in [5.41, 5.74) is 0.706. The van der Waals surface area contributed by atoms with Gasteiger partial charge in [-0.05, 0) is 36.0 Å². The number of carbonyl (C=O) groups is 1. The molecule has 12 heavy (non-hydrogen) atoms. The lowest BCUT2D eigenvalue weighted by Gasteiger charge is -2.37. The molecule has 2 bridgehead atoms. The highest BCUT2D eigenvalue weighted by molar-refractivity contribution is 5.57. The summed E-state index contributed by atoms with van der Waals surface area (Å²) in [5.74, 6) is 1.14. The second-order valence-corrected chi connectivity index (χ2v) is 5.35. The highest BCUT2D eigenvalue weighted by Gasteiger charge is 2.60. The van der Waals surface area contributed by atoms with Gasteiger partial charge >= 0.3 is 0 Å². The first-order chi connectivity index (χ1) is 5.52. The SMILES string of the molecule is CC1(C)[C@H]2CC[C@]1(C)[C@H](C=O)C2. The van der Waals surface area contributed by atoms with Crippen molar-refractivity contribution in [2.45, 2.75) is 40.0 Å². The Morgan fingerprint density at radius 2 is 2.00 bits per heavy atom. The maximum Gasteiger partial charge on any atom is 0.123 e. The van der Waals surface area contributed by atoms with Crippen molar-refractivity contribution in [3.63, 3.8) is 0 Å². The van der Waals surface area contributed by atoms with Crippen molar-refractivity contribution in [2.75, 3.05) is 0 Å². The predicted octanol–water partition coefficient (Wildman–Crippen LogP) is 2.65. The molecule has 0 saturated heterocycles. The Morgan fingerprint density at radius 1 is 1.33 bits per heavy atom. The summed E-state index contributed by atoms with van der Waals surface area (Å²) in [6, 6.07) is 0. The topological polar surface area (TPSA) is 17.1 Å². The highest BCUT2D eigenvalue weighted by Crippen LogP contribution is 2.67. The molecule has 3 atom stereocenters. The van der Waals surface area contributed by atoms with Crippen LogP contribution in [-0.2, 0) is 4.79 Å². The van der Waals surface area contributed by atoms with Crippen LogP contribution in [0, 0.1) is 22.7 Å². The number of aldehydes is 1. The molecule has 2 saturated carbocycles. The molecule has 2 fully saturated rings. The first-order valence-electron chi connectivity index (χ1n) is 4.97. The van der Waals surface area contributed by atoms with Crippen LogP contribution in [0.15, 0.2) is 0 Å². The fourth-order valence-electron chi connectivity index (χ4n) is 3.47. The standard InChI is InChI=1S/C11H18O/c1-10(2)8-4-5-11(10,3)9(6-8)7-12/h7-9H,4-6H2,1-3H3/t8-,9-,11+/m0/s1. The zero-order valence-corrected chi connectivity index (χ0v) is 8.26. The average molecular weight is 166 g/mol. The fraction of sp³-hybridized carbons (Fsp3) is 0.909. The Morgan fingerprint density at radius 3 is 2.25 bits per heavy atom. The molecule has 2 aliphatic rings. The highest BCUT2D eigenvalue weighted by atomic mass is 16.1. The van der Waals surface area contributed by atoms with Gasteiger partial charge in [-0.1, -0.05) is 20.8 Å². The van der Waals surface area contributed by atoms with Gasteiger partial charge in [0.05, 0.1) is 0 Å². The molecule has 0 heterocycles. The average Bonchev–Trinajstić information content (AvgIpc) is 2.34. The predicted molar refractivity (Wildman–Crippen MR) is 48.8 cm³/mol. The Balaban J connectivity index is 2.39. The third-order valence-corrected chi connectivity index (χ3v) is 5.03. The van der Waals surface area contributed by atoms with E-state index in [1.807, 2.05) is 0 Å². The number of hydrogen-bond acceptors (Lipinski definition) is 1. The summed E-state index contributed by atoms with van der Waals surface area (Å²) < 4.78 is 0. The first kappa shape index (κ1) is 8.28. The van der Waals surface area contributed by atoms with Crippen molar-refractivity contribution in [3.8, 4) is 0 Å². The minimum Gasteiger partial charge on any atom is -0.303 e. The van der Waals surface area contributed by atoms with Crippen LogP contribution >= 0.6 is 0 Å². The lowest BCUT2D eigenvalue weighted by Crippen LogP contribution is -2.32. The van der Waals surface area contributed by atoms with E-state index in [4.69, 9.17) is 0 Å². The van der Waals surface area contributed by atoms with Crippen LogP contribution in [0.25, 0.3) is 0 Å². The van der Waals surface area contributed by atoms with Gasteiger partial charge in [-0.2, -0.15) is 0 Å². The van der Waals surface area contributed by atoms with Gasteiger partial charge in [0.15, 0.2) is 0 Å². The Labute approximate surface area is 74.5 Å². The number of hydrogen-bond donors (Lipinski definition) is 0. The van der Waals surface area contributed by atoms with Gasteiger partial charge in [-0.3, -0.25) is 0 Å². The van der Waals surface area contributed by atoms with E-state index in [1.54, 1.807) is 0 Å². The van der Waals surface area contributed by atoms with Crippen molar-refractivity contribution in [1.29, 1.82) is 0 Å². The quantitative estimate of drug-likeness (QED) is 0.547. The van der Waals surface area contributed by atoms with Crippen LogP contribution in [0.2, 0.25) is 0 Å². The maximum atomic E-state index is 10.9. The molecule has 2 rings (SSSR count). The summed E-state index contributed by atoms with van der Waals surface area (Å²) in [7, 11) is 0. The maximum absolute atomic E-state index is 10.9. The molecule has 1 heteroatoms. The minimum atomic E-state index is 0.305. The third-order valence-electron chi connectivity index (χ3n) is 5.03. The normalized spacial score (nSPS) is 49.6. The summed E-state index contributed by atoms with van der Waals surface area (Å²) in [6.45, 7) is 6.99. The lowest BCUT2D eigenvalue weighted by atomic mass is 9.67. The van der Waals surface area contributed by atoms with E-state index >= 15 is 0 Å². The molecular weight excluding hydrogens is 148 g/mol. The van der Waals surface area contributed by atoms with Gasteiger partial charge in [0, 0.05) is 5.92 Å². The molecule has 0 aliphatic heterocycles. The Kier molecular flexibility index (Phi) is 1.47. The molecule has 0 unspecified atom stereocenters. The molecule has 2 aliphatic carbocycles. The molecule has 0 aromatic rings. The molecule has 1 nitrogen and oxygen atoms in total. The third kappa shape index (κ3) is 0.681. The van der Waals surface area contributed by atoms with E-state index in [-0.39, 0.29) is 0 Å². The number of fused-ring (bicyclic) bond motifs is 2. The minimum absolute atomic E-state index is 0.305. The first-order valence-corrected chi connectivity index (χ1v) is 4.97. The van der Waals surface area contributed by atoms with Gasteiger partial charge < -0.3 is 4.79 Å². The fourth-order valence-corrected chi connectivity index (χ4v) is 3.47. The zero-order valence-electron chi connectivity index (χ0n) is 8.26. The molecule has 0 amide bonds. The Hall–Kier alpha value is -0.330. The van der Waals surface area contributed by atoms with Crippen LogP contribution in [0.3, 0.4) is 0 Å². The van der Waals surface area contributed by atoms with Gasteiger partial charge in [-0.15, -0.1) is 0 Å². The molecular formula is C11H18O. The van der Waals surface area contributed by atoms with E-state index in [2.05, 4.69) is 20.8 Å². The van der Waals surface area contributed by atoms with Crippen molar-refractivity contribution < 1.29 is 4.79 Å². The van der Waals surface area contributed by atoms with Crippen LogP contribution in [0.1, 0.15) is 40.0 Å². The van der Waals surface area contributed by atoms with E-state index in [9.17, 15) is 4.79 Å². The van der Waals surface area contributed by atoms with Crippen molar-refractivity contribution >= 4 is 6.29 Å². The van der Waals surface area contributed by atoms with Crippen molar-refractivity contribution in [1.82, 2.24) is 0 Å². The number of carbonyl (C=O) groups excluding carboxylic acids is 1. The van der Waals surface area contributed by atoms with Crippen molar-refractivity contribution in [3.05, 3.63) is 0 Å². The van der Waals surface area contributed by atoms with Gasteiger partial charge in [0.25, 0.3) is 0 Å². The van der Waals surface area contributed by atoms with E-state index in [0.717, 1.165) is 12.3 Å². The van der Waals surface area contributed by atoms with E-state index in [1.165, 1.54) is 19.1 Å². The largest absolute Gasteiger partial charge is 0.303 e. The Bertz CT molecular complexity index is 219. The zero-order chi connectivity index (χ0) is 8.98. The molecule has 68 valence electrons. The monoisotopic (exact) mass is 166 g/mol. The summed E-state index contributed by atoms with van der Waals surface area (Å²) in [6.07, 6.45) is 4.94. The van der Waals surface area contributed by atoms with E-state index in [0.29, 0.717) is 16.7 Å². The second kappa shape index (κ2) is 2.12. The number of rotatable bonds is 1. The van der Waals surface area contributed by atoms with Crippen LogP contribution in [-0.4, -0.2) is 6.29 Å². The van der Waals surface area contributed by atoms with Crippen LogP contribution in [0.4, 0.5) is 0 Å². The molecule has 0 aromatic carbocycles. The van der Waals surface area contributed by atoms with E-state index < -0.39 is 0 Å². The van der Waals surface area contributed by atoms with Crippen LogP contribution in [0.5, 0.6) is 0 Å². The smallest absolute Gasteiger partial charge is 0.123 e. The summed E-state index contributed by atoms with van der Waals surface area (Å²) in [4.78, 5) is 10.9. The second-order valence-electron chi connectivity index (χ2n) is 5.35.